The number of benzene rings is 2. The number of hydrogen-bond donors (Lipinski definition) is 0. The normalized spacial score (nSPS) is 25.2. The lowest BCUT2D eigenvalue weighted by molar-refractivity contribution is 0.419. The Morgan fingerprint density at radius 3 is 2.20 bits per heavy atom. The van der Waals surface area contributed by atoms with E-state index in [0.717, 1.165) is 17.8 Å². The van der Waals surface area contributed by atoms with E-state index < -0.39 is 0 Å². The molecule has 0 nitrogen and oxygen atoms in total. The Labute approximate surface area is 121 Å². The maximum Gasteiger partial charge on any atom is -0.00867 e. The first-order valence-corrected chi connectivity index (χ1v) is 7.98. The summed E-state index contributed by atoms with van der Waals surface area (Å²) in [7, 11) is 0. The molecule has 2 aromatic rings. The Bertz CT molecular complexity index is 604. The van der Waals surface area contributed by atoms with Crippen LogP contribution in [0.2, 0.25) is 0 Å². The van der Waals surface area contributed by atoms with Crippen molar-refractivity contribution in [2.75, 3.05) is 0 Å². The van der Waals surface area contributed by atoms with Gasteiger partial charge in [0.05, 0.1) is 0 Å². The first-order chi connectivity index (χ1) is 9.81. The third kappa shape index (κ3) is 2.18. The molecule has 102 valence electrons. The van der Waals surface area contributed by atoms with Crippen molar-refractivity contribution in [3.8, 4) is 0 Å². The lowest BCUT2D eigenvalue weighted by atomic mass is 9.79. The van der Waals surface area contributed by atoms with Gasteiger partial charge < -0.3 is 0 Å². The molecule has 20 heavy (non-hydrogen) atoms. The molecule has 0 radical (unpaired) electrons. The molecular weight excluding hydrogens is 240 g/mol. The van der Waals surface area contributed by atoms with E-state index in [1.54, 1.807) is 11.1 Å². The van der Waals surface area contributed by atoms with E-state index in [9.17, 15) is 0 Å². The minimum atomic E-state index is 0.757. The van der Waals surface area contributed by atoms with E-state index in [-0.39, 0.29) is 0 Å². The van der Waals surface area contributed by atoms with Gasteiger partial charge >= 0.3 is 0 Å². The van der Waals surface area contributed by atoms with Crippen LogP contribution in [0.15, 0.2) is 48.5 Å². The molecule has 2 aromatic carbocycles. The van der Waals surface area contributed by atoms with Crippen molar-refractivity contribution in [1.82, 2.24) is 0 Å². The zero-order valence-corrected chi connectivity index (χ0v) is 12.2. The van der Waals surface area contributed by atoms with E-state index in [1.807, 2.05) is 0 Å². The van der Waals surface area contributed by atoms with Crippen LogP contribution in [0.25, 0.3) is 0 Å². The average Bonchev–Trinajstić information content (AvgIpc) is 3.18. The first-order valence-electron chi connectivity index (χ1n) is 7.98. The van der Waals surface area contributed by atoms with Crippen LogP contribution in [0.3, 0.4) is 0 Å². The smallest absolute Gasteiger partial charge is 0.00867 e. The van der Waals surface area contributed by atoms with Crippen LogP contribution < -0.4 is 0 Å². The van der Waals surface area contributed by atoms with Gasteiger partial charge in [-0.05, 0) is 60.6 Å². The quantitative estimate of drug-likeness (QED) is 0.682. The summed E-state index contributed by atoms with van der Waals surface area (Å²) >= 11 is 0. The Hall–Kier alpha value is -1.56. The van der Waals surface area contributed by atoms with Gasteiger partial charge in [-0.1, -0.05) is 60.5 Å². The molecule has 2 fully saturated rings. The molecule has 4 rings (SSSR count). The molecule has 0 heterocycles. The molecule has 2 atom stereocenters. The highest BCUT2D eigenvalue weighted by Gasteiger charge is 2.39. The minimum Gasteiger partial charge on any atom is -0.0617 e. The monoisotopic (exact) mass is 262 g/mol. The van der Waals surface area contributed by atoms with Gasteiger partial charge in [0.15, 0.2) is 0 Å². The van der Waals surface area contributed by atoms with E-state index >= 15 is 0 Å². The maximum atomic E-state index is 2.49. The molecule has 2 saturated carbocycles. The number of aryl methyl sites for hydroxylation is 1. The van der Waals surface area contributed by atoms with Crippen molar-refractivity contribution in [2.45, 2.75) is 50.4 Å². The van der Waals surface area contributed by atoms with E-state index in [1.165, 1.54) is 36.8 Å². The predicted octanol–water partition coefficient (Wildman–Crippen LogP) is 5.53. The second-order valence-electron chi connectivity index (χ2n) is 6.66. The molecule has 2 aliphatic carbocycles. The summed E-state index contributed by atoms with van der Waals surface area (Å²) in [6.07, 6.45) is 5.55. The Balaban J connectivity index is 1.53. The first kappa shape index (κ1) is 12.2. The van der Waals surface area contributed by atoms with Crippen LogP contribution >= 0.6 is 0 Å². The van der Waals surface area contributed by atoms with Crippen LogP contribution in [0.4, 0.5) is 0 Å². The van der Waals surface area contributed by atoms with Crippen molar-refractivity contribution in [2.24, 2.45) is 0 Å². The molecule has 0 aliphatic heterocycles. The van der Waals surface area contributed by atoms with Crippen LogP contribution in [-0.4, -0.2) is 0 Å². The SMILES string of the molecule is Cc1ccc(C2CC2c2cccc(C3CCC3)c2)cc1. The third-order valence-corrected chi connectivity index (χ3v) is 5.21. The highest BCUT2D eigenvalue weighted by molar-refractivity contribution is 5.39. The molecule has 0 saturated heterocycles. The summed E-state index contributed by atoms with van der Waals surface area (Å²) < 4.78 is 0. The van der Waals surface area contributed by atoms with Crippen molar-refractivity contribution in [3.63, 3.8) is 0 Å². The summed E-state index contributed by atoms with van der Waals surface area (Å²) in [6, 6.07) is 18.5. The molecule has 0 spiro atoms. The summed E-state index contributed by atoms with van der Waals surface area (Å²) in [6.45, 7) is 2.16. The average molecular weight is 262 g/mol. The highest BCUT2D eigenvalue weighted by atomic mass is 14.4. The van der Waals surface area contributed by atoms with Gasteiger partial charge in [0.2, 0.25) is 0 Å². The fourth-order valence-electron chi connectivity index (χ4n) is 3.53. The van der Waals surface area contributed by atoms with Crippen LogP contribution in [0, 0.1) is 6.92 Å². The van der Waals surface area contributed by atoms with E-state index in [0.29, 0.717) is 0 Å². The van der Waals surface area contributed by atoms with Gasteiger partial charge in [-0.15, -0.1) is 0 Å². The molecule has 0 amide bonds. The molecule has 2 aliphatic rings. The van der Waals surface area contributed by atoms with Crippen molar-refractivity contribution in [1.29, 1.82) is 0 Å². The zero-order valence-electron chi connectivity index (χ0n) is 12.2. The zero-order chi connectivity index (χ0) is 13.5. The Kier molecular flexibility index (Phi) is 2.91. The van der Waals surface area contributed by atoms with Crippen molar-refractivity contribution < 1.29 is 0 Å². The standard InChI is InChI=1S/C20H22/c1-14-8-10-16(11-9-14)19-13-20(19)18-7-3-6-17(12-18)15-4-2-5-15/h3,6-12,15,19-20H,2,4-5,13H2,1H3. The molecule has 2 unspecified atom stereocenters. The van der Waals surface area contributed by atoms with E-state index in [4.69, 9.17) is 0 Å². The molecule has 0 heteroatoms. The summed E-state index contributed by atoms with van der Waals surface area (Å²) in [5.41, 5.74) is 6.04. The van der Waals surface area contributed by atoms with Crippen LogP contribution in [0.1, 0.15) is 65.7 Å². The molecular formula is C20H22. The van der Waals surface area contributed by atoms with Gasteiger partial charge in [-0.2, -0.15) is 0 Å². The van der Waals surface area contributed by atoms with Gasteiger partial charge in [0.1, 0.15) is 0 Å². The number of hydrogen-bond acceptors (Lipinski definition) is 0. The fourth-order valence-corrected chi connectivity index (χ4v) is 3.53. The second-order valence-corrected chi connectivity index (χ2v) is 6.66. The van der Waals surface area contributed by atoms with Gasteiger partial charge in [0, 0.05) is 0 Å². The minimum absolute atomic E-state index is 0.757. The topological polar surface area (TPSA) is 0 Å². The number of rotatable bonds is 3. The van der Waals surface area contributed by atoms with Gasteiger partial charge in [-0.25, -0.2) is 0 Å². The molecule has 0 bridgehead atoms. The lowest BCUT2D eigenvalue weighted by Crippen LogP contribution is -2.08. The Morgan fingerprint density at radius 1 is 0.800 bits per heavy atom. The van der Waals surface area contributed by atoms with E-state index in [2.05, 4.69) is 55.5 Å². The largest absolute Gasteiger partial charge is 0.0617 e. The predicted molar refractivity (Wildman–Crippen MR) is 84.3 cm³/mol. The highest BCUT2D eigenvalue weighted by Crippen LogP contribution is 2.55. The molecule has 0 N–H and O–H groups in total. The fraction of sp³-hybridized carbons (Fsp3) is 0.400. The molecule has 0 aromatic heterocycles. The van der Waals surface area contributed by atoms with Crippen LogP contribution in [0.5, 0.6) is 0 Å². The van der Waals surface area contributed by atoms with Crippen molar-refractivity contribution >= 4 is 0 Å². The van der Waals surface area contributed by atoms with Crippen LogP contribution in [-0.2, 0) is 0 Å². The van der Waals surface area contributed by atoms with Gasteiger partial charge in [0.25, 0.3) is 0 Å². The summed E-state index contributed by atoms with van der Waals surface area (Å²) in [5, 5.41) is 0. The van der Waals surface area contributed by atoms with Crippen molar-refractivity contribution in [3.05, 3.63) is 70.8 Å². The lowest BCUT2D eigenvalue weighted by Gasteiger charge is -2.26. The summed E-state index contributed by atoms with van der Waals surface area (Å²) in [4.78, 5) is 0. The second kappa shape index (κ2) is 4.77. The summed E-state index contributed by atoms with van der Waals surface area (Å²) in [5.74, 6) is 2.37. The maximum absolute atomic E-state index is 2.49. The third-order valence-electron chi connectivity index (χ3n) is 5.21. The van der Waals surface area contributed by atoms with Gasteiger partial charge in [-0.3, -0.25) is 0 Å². The Morgan fingerprint density at radius 2 is 1.50 bits per heavy atom.